The summed E-state index contributed by atoms with van der Waals surface area (Å²) in [4.78, 5) is 30.3. The Bertz CT molecular complexity index is 1130. The number of rotatable bonds is 11. The fourth-order valence-electron chi connectivity index (χ4n) is 3.14. The molecule has 9 heteroatoms. The summed E-state index contributed by atoms with van der Waals surface area (Å²) in [6.07, 6.45) is 0.677. The molecule has 0 fully saturated rings. The quantitative estimate of drug-likeness (QED) is 0.267. The number of fused-ring (bicyclic) bond motifs is 1. The summed E-state index contributed by atoms with van der Waals surface area (Å²) in [5.41, 5.74) is 1.03. The van der Waals surface area contributed by atoms with Gasteiger partial charge in [-0.3, -0.25) is 14.2 Å². The third kappa shape index (κ3) is 5.80. The number of carbonyl (C=O) groups excluding carboxylic acids is 1. The van der Waals surface area contributed by atoms with Crippen LogP contribution in [-0.2, 0) is 16.1 Å². The first-order valence-electron chi connectivity index (χ1n) is 10.3. The molecule has 0 aliphatic heterocycles. The number of methoxy groups -OCH3 is 2. The van der Waals surface area contributed by atoms with E-state index >= 15 is 0 Å². The molecule has 0 radical (unpaired) electrons. The van der Waals surface area contributed by atoms with E-state index in [4.69, 9.17) is 14.2 Å². The van der Waals surface area contributed by atoms with E-state index in [0.717, 1.165) is 0 Å². The van der Waals surface area contributed by atoms with Crippen molar-refractivity contribution in [1.29, 1.82) is 0 Å². The van der Waals surface area contributed by atoms with Gasteiger partial charge in [0.15, 0.2) is 5.16 Å². The summed E-state index contributed by atoms with van der Waals surface area (Å²) in [6.45, 7) is 3.58. The standard InChI is InChI=1S/C23H27N3O5S/c1-4-31-13-7-12-26-22(28)17-8-5-6-9-18(17)25-23(26)32-15-21(27)24-19-11-10-16(29-2)14-20(19)30-3/h5-6,8-11,14H,4,7,12-13,15H2,1-3H3,(H,24,27). The summed E-state index contributed by atoms with van der Waals surface area (Å²) in [6, 6.07) is 12.4. The third-order valence-corrected chi connectivity index (χ3v) is 5.69. The topological polar surface area (TPSA) is 91.7 Å². The molecule has 0 saturated heterocycles. The van der Waals surface area contributed by atoms with Gasteiger partial charge in [-0.15, -0.1) is 0 Å². The Kier molecular flexibility index (Phi) is 8.52. The summed E-state index contributed by atoms with van der Waals surface area (Å²) < 4.78 is 17.5. The van der Waals surface area contributed by atoms with Gasteiger partial charge in [-0.05, 0) is 37.6 Å². The van der Waals surface area contributed by atoms with E-state index < -0.39 is 0 Å². The van der Waals surface area contributed by atoms with Gasteiger partial charge >= 0.3 is 0 Å². The number of anilines is 1. The lowest BCUT2D eigenvalue weighted by molar-refractivity contribution is -0.113. The second kappa shape index (κ2) is 11.5. The van der Waals surface area contributed by atoms with E-state index in [0.29, 0.717) is 59.4 Å². The Morgan fingerprint density at radius 1 is 1.16 bits per heavy atom. The molecule has 0 aliphatic rings. The molecular formula is C23H27N3O5S. The number of amides is 1. The van der Waals surface area contributed by atoms with Gasteiger partial charge in [0.05, 0.1) is 36.6 Å². The van der Waals surface area contributed by atoms with Gasteiger partial charge in [-0.25, -0.2) is 4.98 Å². The van der Waals surface area contributed by atoms with Crippen molar-refractivity contribution < 1.29 is 19.0 Å². The van der Waals surface area contributed by atoms with Crippen molar-refractivity contribution in [2.24, 2.45) is 0 Å². The molecular weight excluding hydrogens is 430 g/mol. The Morgan fingerprint density at radius 2 is 1.97 bits per heavy atom. The molecule has 3 aromatic rings. The second-order valence-corrected chi connectivity index (χ2v) is 7.76. The van der Waals surface area contributed by atoms with Crippen molar-refractivity contribution >= 4 is 34.3 Å². The van der Waals surface area contributed by atoms with E-state index in [9.17, 15) is 9.59 Å². The molecule has 0 bridgehead atoms. The number of hydrogen-bond donors (Lipinski definition) is 1. The molecule has 8 nitrogen and oxygen atoms in total. The number of para-hydroxylation sites is 1. The highest BCUT2D eigenvalue weighted by Gasteiger charge is 2.14. The third-order valence-electron chi connectivity index (χ3n) is 4.72. The van der Waals surface area contributed by atoms with Gasteiger partial charge in [0.2, 0.25) is 5.91 Å². The van der Waals surface area contributed by atoms with E-state index in [1.807, 2.05) is 19.1 Å². The van der Waals surface area contributed by atoms with Crippen molar-refractivity contribution in [1.82, 2.24) is 9.55 Å². The van der Waals surface area contributed by atoms with Crippen molar-refractivity contribution in [3.05, 3.63) is 52.8 Å². The molecule has 0 saturated carbocycles. The zero-order valence-electron chi connectivity index (χ0n) is 18.4. The number of ether oxygens (including phenoxy) is 3. The molecule has 2 aromatic carbocycles. The Balaban J connectivity index is 1.77. The maximum absolute atomic E-state index is 13.0. The summed E-state index contributed by atoms with van der Waals surface area (Å²) in [5.74, 6) is 0.984. The fraction of sp³-hybridized carbons (Fsp3) is 0.348. The molecule has 170 valence electrons. The van der Waals surface area contributed by atoms with Crippen LogP contribution in [0.25, 0.3) is 10.9 Å². The maximum Gasteiger partial charge on any atom is 0.262 e. The minimum Gasteiger partial charge on any atom is -0.497 e. The molecule has 1 aromatic heterocycles. The van der Waals surface area contributed by atoms with Crippen LogP contribution in [0.2, 0.25) is 0 Å². The molecule has 3 rings (SSSR count). The van der Waals surface area contributed by atoms with Crippen LogP contribution in [0.3, 0.4) is 0 Å². The molecule has 1 N–H and O–H groups in total. The lowest BCUT2D eigenvalue weighted by atomic mass is 10.2. The van der Waals surface area contributed by atoms with Crippen molar-refractivity contribution in [3.8, 4) is 11.5 Å². The first-order valence-corrected chi connectivity index (χ1v) is 11.3. The van der Waals surface area contributed by atoms with Gasteiger partial charge in [0, 0.05) is 25.8 Å². The van der Waals surface area contributed by atoms with Crippen LogP contribution in [0.15, 0.2) is 52.4 Å². The van der Waals surface area contributed by atoms with E-state index in [1.54, 1.807) is 42.0 Å². The van der Waals surface area contributed by atoms with Crippen LogP contribution in [0.5, 0.6) is 11.5 Å². The van der Waals surface area contributed by atoms with Crippen LogP contribution in [-0.4, -0.2) is 48.6 Å². The van der Waals surface area contributed by atoms with E-state index in [2.05, 4.69) is 10.3 Å². The average Bonchev–Trinajstić information content (AvgIpc) is 2.82. The normalized spacial score (nSPS) is 10.8. The zero-order chi connectivity index (χ0) is 22.9. The minimum absolute atomic E-state index is 0.0887. The van der Waals surface area contributed by atoms with Crippen LogP contribution < -0.4 is 20.3 Å². The number of nitrogens with one attached hydrogen (secondary N) is 1. The smallest absolute Gasteiger partial charge is 0.262 e. The van der Waals surface area contributed by atoms with Gasteiger partial charge in [0.1, 0.15) is 11.5 Å². The lowest BCUT2D eigenvalue weighted by Gasteiger charge is -2.14. The molecule has 1 amide bonds. The predicted octanol–water partition coefficient (Wildman–Crippen LogP) is 3.57. The minimum atomic E-state index is -0.234. The summed E-state index contributed by atoms with van der Waals surface area (Å²) in [5, 5.41) is 3.90. The highest BCUT2D eigenvalue weighted by Crippen LogP contribution is 2.29. The van der Waals surface area contributed by atoms with Crippen LogP contribution in [0.4, 0.5) is 5.69 Å². The van der Waals surface area contributed by atoms with E-state index in [-0.39, 0.29) is 17.2 Å². The van der Waals surface area contributed by atoms with Gasteiger partial charge < -0.3 is 19.5 Å². The van der Waals surface area contributed by atoms with Gasteiger partial charge in [0.25, 0.3) is 5.56 Å². The Labute approximate surface area is 190 Å². The zero-order valence-corrected chi connectivity index (χ0v) is 19.2. The first kappa shape index (κ1) is 23.6. The number of carbonyl (C=O) groups is 1. The predicted molar refractivity (Wildman–Crippen MR) is 126 cm³/mol. The molecule has 0 spiro atoms. The maximum atomic E-state index is 13.0. The average molecular weight is 458 g/mol. The number of nitrogens with zero attached hydrogens (tertiary/aromatic N) is 2. The monoisotopic (exact) mass is 457 g/mol. The lowest BCUT2D eigenvalue weighted by Crippen LogP contribution is -2.25. The van der Waals surface area contributed by atoms with Crippen LogP contribution >= 0.6 is 11.8 Å². The molecule has 0 aliphatic carbocycles. The van der Waals surface area contributed by atoms with Crippen LogP contribution in [0, 0.1) is 0 Å². The van der Waals surface area contributed by atoms with Crippen molar-refractivity contribution in [2.75, 3.05) is 38.5 Å². The number of benzene rings is 2. The molecule has 0 atom stereocenters. The Morgan fingerprint density at radius 3 is 2.72 bits per heavy atom. The first-order chi connectivity index (χ1) is 15.6. The van der Waals surface area contributed by atoms with Crippen LogP contribution in [0.1, 0.15) is 13.3 Å². The highest BCUT2D eigenvalue weighted by atomic mass is 32.2. The molecule has 0 unspecified atom stereocenters. The molecule has 32 heavy (non-hydrogen) atoms. The largest absolute Gasteiger partial charge is 0.497 e. The summed E-state index contributed by atoms with van der Waals surface area (Å²) >= 11 is 1.22. The van der Waals surface area contributed by atoms with Gasteiger partial charge in [-0.1, -0.05) is 23.9 Å². The second-order valence-electron chi connectivity index (χ2n) is 6.82. The van der Waals surface area contributed by atoms with Crippen molar-refractivity contribution in [3.63, 3.8) is 0 Å². The number of thioether (sulfide) groups is 1. The molecule has 1 heterocycles. The Hall–Kier alpha value is -3.04. The summed E-state index contributed by atoms with van der Waals surface area (Å²) in [7, 11) is 3.09. The van der Waals surface area contributed by atoms with E-state index in [1.165, 1.54) is 18.9 Å². The fourth-order valence-corrected chi connectivity index (χ4v) is 3.97. The SMILES string of the molecule is CCOCCCn1c(SCC(=O)Nc2ccc(OC)cc2OC)nc2ccccc2c1=O. The number of aromatic nitrogens is 2. The number of hydrogen-bond acceptors (Lipinski definition) is 7. The van der Waals surface area contributed by atoms with Crippen molar-refractivity contribution in [2.45, 2.75) is 25.0 Å². The van der Waals surface area contributed by atoms with Gasteiger partial charge in [-0.2, -0.15) is 0 Å². The highest BCUT2D eigenvalue weighted by molar-refractivity contribution is 7.99.